The van der Waals surface area contributed by atoms with Crippen LogP contribution < -0.4 is 0 Å². The molecular weight excluding hydrogens is 302 g/mol. The molecule has 0 spiro atoms. The fourth-order valence-corrected chi connectivity index (χ4v) is 2.36. The molecule has 0 aliphatic carbocycles. The standard InChI is InChI=1S/C12H12BrNO4/c13-8-1-2-10(15)9(5-8)11(16)14-4-3-7(6-14)12(17)18/h1-2,5,7,15H,3-4,6H2,(H,17,18). The molecule has 1 heterocycles. The fourth-order valence-electron chi connectivity index (χ4n) is 2.00. The maximum Gasteiger partial charge on any atom is 0.308 e. The molecule has 1 aliphatic heterocycles. The third kappa shape index (κ3) is 2.48. The average Bonchev–Trinajstić information content (AvgIpc) is 2.81. The predicted octanol–water partition coefficient (Wildman–Crippen LogP) is 1.70. The number of rotatable bonds is 2. The Morgan fingerprint density at radius 1 is 1.39 bits per heavy atom. The number of carbonyl (C=O) groups excluding carboxylic acids is 1. The Kier molecular flexibility index (Phi) is 3.56. The van der Waals surface area contributed by atoms with E-state index in [2.05, 4.69) is 15.9 Å². The molecule has 96 valence electrons. The first-order valence-corrected chi connectivity index (χ1v) is 6.29. The number of hydrogen-bond donors (Lipinski definition) is 2. The second-order valence-corrected chi connectivity index (χ2v) is 5.15. The molecule has 1 unspecified atom stereocenters. The van der Waals surface area contributed by atoms with Crippen LogP contribution in [0, 0.1) is 5.92 Å². The average molecular weight is 314 g/mol. The minimum Gasteiger partial charge on any atom is -0.507 e. The van der Waals surface area contributed by atoms with Gasteiger partial charge in [-0.2, -0.15) is 0 Å². The summed E-state index contributed by atoms with van der Waals surface area (Å²) in [5, 5.41) is 18.5. The highest BCUT2D eigenvalue weighted by atomic mass is 79.9. The van der Waals surface area contributed by atoms with Crippen molar-refractivity contribution in [3.8, 4) is 5.75 Å². The number of halogens is 1. The fraction of sp³-hybridized carbons (Fsp3) is 0.333. The Morgan fingerprint density at radius 3 is 2.72 bits per heavy atom. The van der Waals surface area contributed by atoms with E-state index in [1.165, 1.54) is 17.0 Å². The lowest BCUT2D eigenvalue weighted by Crippen LogP contribution is -2.30. The van der Waals surface area contributed by atoms with Gasteiger partial charge in [-0.25, -0.2) is 0 Å². The summed E-state index contributed by atoms with van der Waals surface area (Å²) in [5.74, 6) is -1.83. The Hall–Kier alpha value is -1.56. The van der Waals surface area contributed by atoms with E-state index in [9.17, 15) is 14.7 Å². The zero-order chi connectivity index (χ0) is 13.3. The Balaban J connectivity index is 2.17. The molecule has 0 bridgehead atoms. The molecule has 6 heteroatoms. The zero-order valence-corrected chi connectivity index (χ0v) is 11.1. The van der Waals surface area contributed by atoms with E-state index in [0.717, 1.165) is 0 Å². The van der Waals surface area contributed by atoms with Gasteiger partial charge in [-0.3, -0.25) is 9.59 Å². The van der Waals surface area contributed by atoms with E-state index in [-0.39, 0.29) is 23.8 Å². The summed E-state index contributed by atoms with van der Waals surface area (Å²) >= 11 is 3.23. The van der Waals surface area contributed by atoms with Gasteiger partial charge in [0.2, 0.25) is 0 Å². The van der Waals surface area contributed by atoms with E-state index in [4.69, 9.17) is 5.11 Å². The van der Waals surface area contributed by atoms with Crippen LogP contribution in [0.25, 0.3) is 0 Å². The summed E-state index contributed by atoms with van der Waals surface area (Å²) in [6, 6.07) is 4.60. The van der Waals surface area contributed by atoms with Crippen molar-refractivity contribution in [1.82, 2.24) is 4.90 Å². The topological polar surface area (TPSA) is 77.8 Å². The van der Waals surface area contributed by atoms with Crippen molar-refractivity contribution in [1.29, 1.82) is 0 Å². The number of benzene rings is 1. The number of aliphatic carboxylic acids is 1. The van der Waals surface area contributed by atoms with Crippen molar-refractivity contribution in [2.24, 2.45) is 5.92 Å². The largest absolute Gasteiger partial charge is 0.507 e. The van der Waals surface area contributed by atoms with Crippen molar-refractivity contribution < 1.29 is 19.8 Å². The molecular formula is C12H12BrNO4. The number of nitrogens with zero attached hydrogens (tertiary/aromatic N) is 1. The van der Waals surface area contributed by atoms with Crippen LogP contribution in [0.4, 0.5) is 0 Å². The van der Waals surface area contributed by atoms with Crippen LogP contribution in [-0.4, -0.2) is 40.1 Å². The number of phenolic OH excluding ortho intramolecular Hbond substituents is 1. The van der Waals surface area contributed by atoms with Gasteiger partial charge in [0.05, 0.1) is 11.5 Å². The number of likely N-dealkylation sites (tertiary alicyclic amines) is 1. The van der Waals surface area contributed by atoms with Gasteiger partial charge in [0.25, 0.3) is 5.91 Å². The molecule has 1 atom stereocenters. The van der Waals surface area contributed by atoms with Crippen molar-refractivity contribution in [2.45, 2.75) is 6.42 Å². The molecule has 0 saturated carbocycles. The minimum atomic E-state index is -0.885. The first-order valence-electron chi connectivity index (χ1n) is 5.49. The SMILES string of the molecule is O=C(O)C1CCN(C(=O)c2cc(Br)ccc2O)C1. The van der Waals surface area contributed by atoms with E-state index >= 15 is 0 Å². The minimum absolute atomic E-state index is 0.0954. The molecule has 1 saturated heterocycles. The number of carbonyl (C=O) groups is 2. The highest BCUT2D eigenvalue weighted by molar-refractivity contribution is 9.10. The third-order valence-corrected chi connectivity index (χ3v) is 3.51. The Labute approximate surface area is 112 Å². The van der Waals surface area contributed by atoms with E-state index in [1.807, 2.05) is 0 Å². The van der Waals surface area contributed by atoms with Crippen LogP contribution in [0.5, 0.6) is 5.75 Å². The van der Waals surface area contributed by atoms with Gasteiger partial charge >= 0.3 is 5.97 Å². The van der Waals surface area contributed by atoms with E-state index in [0.29, 0.717) is 17.4 Å². The lowest BCUT2D eigenvalue weighted by Gasteiger charge is -2.16. The number of amides is 1. The molecule has 1 amide bonds. The van der Waals surface area contributed by atoms with Gasteiger partial charge in [-0.15, -0.1) is 0 Å². The highest BCUT2D eigenvalue weighted by Crippen LogP contribution is 2.26. The van der Waals surface area contributed by atoms with Crippen molar-refractivity contribution in [2.75, 3.05) is 13.1 Å². The van der Waals surface area contributed by atoms with Gasteiger partial charge in [0, 0.05) is 17.6 Å². The summed E-state index contributed by atoms with van der Waals surface area (Å²) in [6.45, 7) is 0.599. The Morgan fingerprint density at radius 2 is 2.11 bits per heavy atom. The first-order chi connectivity index (χ1) is 8.49. The van der Waals surface area contributed by atoms with Crippen molar-refractivity contribution in [3.05, 3.63) is 28.2 Å². The van der Waals surface area contributed by atoms with E-state index < -0.39 is 11.9 Å². The zero-order valence-electron chi connectivity index (χ0n) is 9.47. The lowest BCUT2D eigenvalue weighted by molar-refractivity contribution is -0.141. The first kappa shape index (κ1) is 12.9. The predicted molar refractivity (Wildman–Crippen MR) is 67.5 cm³/mol. The molecule has 2 N–H and O–H groups in total. The highest BCUT2D eigenvalue weighted by Gasteiger charge is 2.32. The van der Waals surface area contributed by atoms with Crippen LogP contribution in [0.1, 0.15) is 16.8 Å². The monoisotopic (exact) mass is 313 g/mol. The van der Waals surface area contributed by atoms with Crippen LogP contribution in [0.2, 0.25) is 0 Å². The van der Waals surface area contributed by atoms with E-state index in [1.54, 1.807) is 6.07 Å². The normalized spacial score (nSPS) is 18.9. The summed E-state index contributed by atoms with van der Waals surface area (Å²) in [4.78, 5) is 24.4. The number of carboxylic acids is 1. The molecule has 0 radical (unpaired) electrons. The summed E-state index contributed by atoms with van der Waals surface area (Å²) < 4.78 is 0.692. The van der Waals surface area contributed by atoms with Gasteiger partial charge in [0.15, 0.2) is 0 Å². The second kappa shape index (κ2) is 4.97. The number of carboxylic acid groups (broad SMARTS) is 1. The molecule has 2 rings (SSSR count). The molecule has 0 aromatic heterocycles. The number of hydrogen-bond acceptors (Lipinski definition) is 3. The summed E-state index contributed by atoms with van der Waals surface area (Å²) in [5.41, 5.74) is 0.190. The van der Waals surface area contributed by atoms with Gasteiger partial charge in [-0.1, -0.05) is 15.9 Å². The van der Waals surface area contributed by atoms with Crippen LogP contribution in [0.3, 0.4) is 0 Å². The van der Waals surface area contributed by atoms with Crippen LogP contribution in [-0.2, 0) is 4.79 Å². The van der Waals surface area contributed by atoms with Gasteiger partial charge < -0.3 is 15.1 Å². The molecule has 1 aromatic carbocycles. The quantitative estimate of drug-likeness (QED) is 0.871. The molecule has 1 aliphatic rings. The summed E-state index contributed by atoms with van der Waals surface area (Å²) in [6.07, 6.45) is 0.454. The lowest BCUT2D eigenvalue weighted by atomic mass is 10.1. The smallest absolute Gasteiger partial charge is 0.308 e. The maximum atomic E-state index is 12.1. The third-order valence-electron chi connectivity index (χ3n) is 3.01. The van der Waals surface area contributed by atoms with Gasteiger partial charge in [0.1, 0.15) is 5.75 Å². The molecule has 5 nitrogen and oxygen atoms in total. The number of phenols is 1. The van der Waals surface area contributed by atoms with Crippen molar-refractivity contribution >= 4 is 27.8 Å². The molecule has 18 heavy (non-hydrogen) atoms. The number of aromatic hydroxyl groups is 1. The summed E-state index contributed by atoms with van der Waals surface area (Å²) in [7, 11) is 0. The van der Waals surface area contributed by atoms with Crippen LogP contribution in [0.15, 0.2) is 22.7 Å². The second-order valence-electron chi connectivity index (χ2n) is 4.24. The van der Waals surface area contributed by atoms with Crippen LogP contribution >= 0.6 is 15.9 Å². The van der Waals surface area contributed by atoms with Gasteiger partial charge in [-0.05, 0) is 24.6 Å². The van der Waals surface area contributed by atoms with Crippen molar-refractivity contribution in [3.63, 3.8) is 0 Å². The molecule has 1 fully saturated rings. The molecule has 1 aromatic rings. The Bertz CT molecular complexity index is 503. The maximum absolute atomic E-state index is 12.1.